The molecule has 2 aliphatic heterocycles. The fourth-order valence-electron chi connectivity index (χ4n) is 3.69. The third-order valence-electron chi connectivity index (χ3n) is 5.17. The average Bonchev–Trinajstić information content (AvgIpc) is 3.14. The summed E-state index contributed by atoms with van der Waals surface area (Å²) in [7, 11) is 4.25. The largest absolute Gasteiger partial charge is 0.455 e. The average molecular weight is 319 g/mol. The second-order valence-electron chi connectivity index (χ2n) is 7.09. The van der Waals surface area contributed by atoms with Gasteiger partial charge in [-0.2, -0.15) is 0 Å². The van der Waals surface area contributed by atoms with Gasteiger partial charge in [0.25, 0.3) is 5.91 Å². The molecule has 128 valence electrons. The molecule has 3 heterocycles. The maximum absolute atomic E-state index is 12.7. The monoisotopic (exact) mass is 319 g/mol. The van der Waals surface area contributed by atoms with Crippen LogP contribution in [-0.4, -0.2) is 66.9 Å². The van der Waals surface area contributed by atoms with Crippen LogP contribution in [0.4, 0.5) is 0 Å². The van der Waals surface area contributed by atoms with Gasteiger partial charge in [-0.15, -0.1) is 0 Å². The minimum Gasteiger partial charge on any atom is -0.455 e. The Hall–Kier alpha value is -1.33. The van der Waals surface area contributed by atoms with Crippen LogP contribution in [0.15, 0.2) is 16.5 Å². The van der Waals surface area contributed by atoms with Crippen molar-refractivity contribution >= 4 is 5.91 Å². The van der Waals surface area contributed by atoms with E-state index < -0.39 is 0 Å². The van der Waals surface area contributed by atoms with Crippen molar-refractivity contribution in [2.45, 2.75) is 44.7 Å². The van der Waals surface area contributed by atoms with Crippen LogP contribution in [0.2, 0.25) is 0 Å². The molecule has 0 aromatic carbocycles. The molecule has 0 bridgehead atoms. The molecule has 1 atom stereocenters. The summed E-state index contributed by atoms with van der Waals surface area (Å²) in [6.07, 6.45) is 5.81. The van der Waals surface area contributed by atoms with Gasteiger partial charge in [0.15, 0.2) is 5.76 Å². The first-order chi connectivity index (χ1) is 11.1. The Morgan fingerprint density at radius 2 is 1.91 bits per heavy atom. The number of nitrogens with zero attached hydrogens (tertiary/aromatic N) is 3. The SMILES string of the molecule is CN(C)[C@@H]1CCCN(C(=O)c2ccc(CN3CCCC3)o2)CC1. The smallest absolute Gasteiger partial charge is 0.289 e. The standard InChI is InChI=1S/C18H29N3O2/c1-19(2)15-6-5-12-21(13-9-15)18(22)17-8-7-16(23-17)14-20-10-3-4-11-20/h7-8,15H,3-6,9-14H2,1-2H3/t15-/m1/s1. The number of hydrogen-bond acceptors (Lipinski definition) is 4. The third-order valence-corrected chi connectivity index (χ3v) is 5.17. The first-order valence-corrected chi connectivity index (χ1v) is 8.90. The summed E-state index contributed by atoms with van der Waals surface area (Å²) in [5.74, 6) is 1.47. The van der Waals surface area contributed by atoms with Gasteiger partial charge in [0.2, 0.25) is 0 Å². The zero-order chi connectivity index (χ0) is 16.2. The lowest BCUT2D eigenvalue weighted by molar-refractivity contribution is 0.0723. The van der Waals surface area contributed by atoms with E-state index in [0.29, 0.717) is 11.8 Å². The Morgan fingerprint density at radius 1 is 1.13 bits per heavy atom. The minimum atomic E-state index is 0.0529. The quantitative estimate of drug-likeness (QED) is 0.854. The van der Waals surface area contributed by atoms with Gasteiger partial charge in [-0.05, 0) is 71.4 Å². The van der Waals surface area contributed by atoms with E-state index in [-0.39, 0.29) is 5.91 Å². The minimum absolute atomic E-state index is 0.0529. The van der Waals surface area contributed by atoms with E-state index in [4.69, 9.17) is 4.42 Å². The van der Waals surface area contributed by atoms with E-state index >= 15 is 0 Å². The van der Waals surface area contributed by atoms with Crippen molar-refractivity contribution in [3.63, 3.8) is 0 Å². The number of rotatable bonds is 4. The van der Waals surface area contributed by atoms with Crippen molar-refractivity contribution in [3.05, 3.63) is 23.7 Å². The molecule has 0 N–H and O–H groups in total. The van der Waals surface area contributed by atoms with E-state index in [2.05, 4.69) is 23.9 Å². The van der Waals surface area contributed by atoms with Crippen LogP contribution in [-0.2, 0) is 6.54 Å². The van der Waals surface area contributed by atoms with Gasteiger partial charge >= 0.3 is 0 Å². The molecule has 0 spiro atoms. The fourth-order valence-corrected chi connectivity index (χ4v) is 3.69. The second-order valence-corrected chi connectivity index (χ2v) is 7.09. The number of likely N-dealkylation sites (tertiary alicyclic amines) is 2. The molecule has 0 saturated carbocycles. The Morgan fingerprint density at radius 3 is 2.65 bits per heavy atom. The highest BCUT2D eigenvalue weighted by Gasteiger charge is 2.24. The summed E-state index contributed by atoms with van der Waals surface area (Å²) >= 11 is 0. The van der Waals surface area contributed by atoms with Gasteiger partial charge in [0.1, 0.15) is 5.76 Å². The van der Waals surface area contributed by atoms with E-state index in [1.807, 2.05) is 17.0 Å². The van der Waals surface area contributed by atoms with E-state index in [9.17, 15) is 4.79 Å². The number of amides is 1. The fraction of sp³-hybridized carbons (Fsp3) is 0.722. The van der Waals surface area contributed by atoms with Crippen LogP contribution in [0, 0.1) is 0 Å². The molecular weight excluding hydrogens is 290 g/mol. The predicted octanol–water partition coefficient (Wildman–Crippen LogP) is 2.43. The summed E-state index contributed by atoms with van der Waals surface area (Å²) < 4.78 is 5.83. The zero-order valence-corrected chi connectivity index (χ0v) is 14.5. The van der Waals surface area contributed by atoms with Crippen LogP contribution < -0.4 is 0 Å². The van der Waals surface area contributed by atoms with Crippen molar-refractivity contribution in [3.8, 4) is 0 Å². The molecule has 2 saturated heterocycles. The lowest BCUT2D eigenvalue weighted by Gasteiger charge is -2.23. The lowest BCUT2D eigenvalue weighted by Crippen LogP contribution is -2.33. The number of furan rings is 1. The number of carbonyl (C=O) groups is 1. The summed E-state index contributed by atoms with van der Waals surface area (Å²) in [5.41, 5.74) is 0. The molecule has 23 heavy (non-hydrogen) atoms. The molecule has 1 amide bonds. The van der Waals surface area contributed by atoms with Crippen molar-refractivity contribution in [1.82, 2.24) is 14.7 Å². The second kappa shape index (κ2) is 7.49. The maximum atomic E-state index is 12.7. The van der Waals surface area contributed by atoms with Crippen molar-refractivity contribution in [1.29, 1.82) is 0 Å². The van der Waals surface area contributed by atoms with E-state index in [0.717, 1.165) is 57.7 Å². The third kappa shape index (κ3) is 4.15. The molecule has 1 aromatic heterocycles. The Kier molecular flexibility index (Phi) is 5.38. The van der Waals surface area contributed by atoms with Gasteiger partial charge in [0, 0.05) is 19.1 Å². The highest BCUT2D eigenvalue weighted by molar-refractivity contribution is 5.91. The Labute approximate surface area is 139 Å². The topological polar surface area (TPSA) is 39.9 Å². The number of hydrogen-bond donors (Lipinski definition) is 0. The molecule has 1 aromatic rings. The number of carbonyl (C=O) groups excluding carboxylic acids is 1. The van der Waals surface area contributed by atoms with E-state index in [1.165, 1.54) is 12.8 Å². The van der Waals surface area contributed by atoms with Crippen LogP contribution in [0.5, 0.6) is 0 Å². The first-order valence-electron chi connectivity index (χ1n) is 8.90. The molecule has 2 aliphatic rings. The van der Waals surface area contributed by atoms with Crippen molar-refractivity contribution in [2.24, 2.45) is 0 Å². The van der Waals surface area contributed by atoms with Gasteiger partial charge < -0.3 is 14.2 Å². The van der Waals surface area contributed by atoms with Gasteiger partial charge in [-0.25, -0.2) is 0 Å². The van der Waals surface area contributed by atoms with Crippen molar-refractivity contribution in [2.75, 3.05) is 40.3 Å². The summed E-state index contributed by atoms with van der Waals surface area (Å²) in [6.45, 7) is 4.77. The molecule has 2 fully saturated rings. The zero-order valence-electron chi connectivity index (χ0n) is 14.5. The molecular formula is C18H29N3O2. The highest BCUT2D eigenvalue weighted by Crippen LogP contribution is 2.19. The molecule has 5 nitrogen and oxygen atoms in total. The van der Waals surface area contributed by atoms with Crippen molar-refractivity contribution < 1.29 is 9.21 Å². The van der Waals surface area contributed by atoms with Gasteiger partial charge in [-0.3, -0.25) is 9.69 Å². The molecule has 0 unspecified atom stereocenters. The van der Waals surface area contributed by atoms with Crippen LogP contribution in [0.3, 0.4) is 0 Å². The van der Waals surface area contributed by atoms with Gasteiger partial charge in [0.05, 0.1) is 6.54 Å². The molecule has 0 radical (unpaired) electrons. The normalized spacial score (nSPS) is 23.4. The highest BCUT2D eigenvalue weighted by atomic mass is 16.4. The van der Waals surface area contributed by atoms with Crippen LogP contribution in [0.25, 0.3) is 0 Å². The Bertz CT molecular complexity index is 520. The summed E-state index contributed by atoms with van der Waals surface area (Å²) in [6, 6.07) is 4.39. The summed E-state index contributed by atoms with van der Waals surface area (Å²) in [4.78, 5) is 19.3. The maximum Gasteiger partial charge on any atom is 0.289 e. The first kappa shape index (κ1) is 16.5. The van der Waals surface area contributed by atoms with Gasteiger partial charge in [-0.1, -0.05) is 0 Å². The predicted molar refractivity (Wildman–Crippen MR) is 90.4 cm³/mol. The molecule has 3 rings (SSSR count). The van der Waals surface area contributed by atoms with Crippen LogP contribution >= 0.6 is 0 Å². The van der Waals surface area contributed by atoms with E-state index in [1.54, 1.807) is 0 Å². The molecule has 0 aliphatic carbocycles. The Balaban J connectivity index is 1.58. The summed E-state index contributed by atoms with van der Waals surface area (Å²) in [5, 5.41) is 0. The molecule has 5 heteroatoms. The lowest BCUT2D eigenvalue weighted by atomic mass is 10.1. The van der Waals surface area contributed by atoms with Crippen LogP contribution in [0.1, 0.15) is 48.4 Å².